The van der Waals surface area contributed by atoms with Crippen LogP contribution in [0, 0.1) is 27.7 Å². The molecule has 0 aliphatic rings. The van der Waals surface area contributed by atoms with E-state index in [0.717, 1.165) is 11.1 Å². The van der Waals surface area contributed by atoms with Gasteiger partial charge in [0, 0.05) is 0 Å². The molecule has 4 heteroatoms. The van der Waals surface area contributed by atoms with E-state index in [-0.39, 0.29) is 10.6 Å². The minimum atomic E-state index is -5.08. The predicted molar refractivity (Wildman–Crippen MR) is 84.7 cm³/mol. The van der Waals surface area contributed by atoms with E-state index >= 15 is 0 Å². The number of rotatable bonds is 2. The van der Waals surface area contributed by atoms with Crippen LogP contribution < -0.4 is 10.6 Å². The number of hydrogen-bond donors (Lipinski definition) is 3. The molecule has 0 unspecified atom stereocenters. The summed E-state index contributed by atoms with van der Waals surface area (Å²) in [6.45, 7) is 7.40. The van der Waals surface area contributed by atoms with Crippen LogP contribution in [0.5, 0.6) is 0 Å². The Balaban J connectivity index is 2.72. The Bertz CT molecular complexity index is 614. The van der Waals surface area contributed by atoms with Crippen LogP contribution in [0.4, 0.5) is 0 Å². The van der Waals surface area contributed by atoms with E-state index < -0.39 is 7.28 Å². The molecule has 0 saturated carbocycles. The van der Waals surface area contributed by atoms with Gasteiger partial charge in [0.2, 0.25) is 0 Å². The van der Waals surface area contributed by atoms with Crippen molar-refractivity contribution in [1.82, 2.24) is 0 Å². The van der Waals surface area contributed by atoms with E-state index in [4.69, 9.17) is 0 Å². The Hall–Kier alpha value is -1.25. The molecule has 3 nitrogen and oxygen atoms in total. The van der Waals surface area contributed by atoms with Crippen molar-refractivity contribution >= 4 is 17.9 Å². The Morgan fingerprint density at radius 1 is 0.650 bits per heavy atom. The molecule has 0 saturated heterocycles. The Labute approximate surface area is 119 Å². The van der Waals surface area contributed by atoms with Crippen LogP contribution in [0.3, 0.4) is 0 Å². The van der Waals surface area contributed by atoms with Gasteiger partial charge in [-0.15, -0.1) is 0 Å². The van der Waals surface area contributed by atoms with Gasteiger partial charge in [0.05, 0.1) is 0 Å². The second kappa shape index (κ2) is 4.64. The summed E-state index contributed by atoms with van der Waals surface area (Å²) in [5.74, 6) is 0. The van der Waals surface area contributed by atoms with Gasteiger partial charge in [-0.1, -0.05) is 0 Å². The predicted octanol–water partition coefficient (Wildman–Crippen LogP) is 2.15. The zero-order valence-corrected chi connectivity index (χ0v) is 13.1. The molecule has 2 aromatic carbocycles. The summed E-state index contributed by atoms with van der Waals surface area (Å²) < 4.78 is 0. The first kappa shape index (κ1) is 15.1. The van der Waals surface area contributed by atoms with Crippen LogP contribution >= 0.6 is 7.28 Å². The van der Waals surface area contributed by atoms with Gasteiger partial charge in [-0.3, -0.25) is 0 Å². The van der Waals surface area contributed by atoms with Crippen molar-refractivity contribution in [3.63, 3.8) is 0 Å². The van der Waals surface area contributed by atoms with Crippen molar-refractivity contribution in [1.29, 1.82) is 0 Å². The minimum absolute atomic E-state index is 0.202. The summed E-state index contributed by atoms with van der Waals surface area (Å²) in [7, 11) is -5.08. The quantitative estimate of drug-likeness (QED) is 0.743. The molecule has 0 amide bonds. The molecule has 0 aromatic heterocycles. The molecule has 0 bridgehead atoms. The molecule has 0 spiro atoms. The molecule has 0 fully saturated rings. The zero-order valence-electron chi connectivity index (χ0n) is 12.3. The number of benzene rings is 2. The SMILES string of the molecule is Cc1ccc(P(O)(O)(O)c2ccc(C)cc2C)c(C)c1. The van der Waals surface area contributed by atoms with Crippen LogP contribution in [-0.4, -0.2) is 14.7 Å². The third-order valence-electron chi connectivity index (χ3n) is 3.59. The van der Waals surface area contributed by atoms with Gasteiger partial charge < -0.3 is 0 Å². The maximum absolute atomic E-state index is 10.7. The van der Waals surface area contributed by atoms with E-state index in [1.54, 1.807) is 38.1 Å². The molecule has 3 N–H and O–H groups in total. The fourth-order valence-electron chi connectivity index (χ4n) is 2.66. The van der Waals surface area contributed by atoms with E-state index in [1.165, 1.54) is 0 Å². The standard InChI is InChI=1S/C16H21O3P/c1-11-5-7-15(13(3)9-11)20(17,18,19)16-8-6-12(2)10-14(16)4/h5-10,17-19H,1-4H3. The summed E-state index contributed by atoms with van der Waals surface area (Å²) in [6, 6.07) is 10.4. The fraction of sp³-hybridized carbons (Fsp3) is 0.250. The zero-order chi connectivity index (χ0) is 15.2. The molecule has 2 aromatic rings. The van der Waals surface area contributed by atoms with Crippen molar-refractivity contribution < 1.29 is 14.7 Å². The van der Waals surface area contributed by atoms with Crippen molar-refractivity contribution in [3.8, 4) is 0 Å². The second-order valence-electron chi connectivity index (χ2n) is 5.56. The van der Waals surface area contributed by atoms with Gasteiger partial charge >= 0.3 is 119 Å². The number of aryl methyl sites for hydroxylation is 4. The second-order valence-corrected chi connectivity index (χ2v) is 8.48. The third-order valence-corrected chi connectivity index (χ3v) is 6.37. The fourth-order valence-corrected chi connectivity index (χ4v) is 5.05. The maximum atomic E-state index is 10.7. The first-order valence-electron chi connectivity index (χ1n) is 6.52. The van der Waals surface area contributed by atoms with Gasteiger partial charge in [0.1, 0.15) is 0 Å². The van der Waals surface area contributed by atoms with E-state index in [1.807, 2.05) is 26.0 Å². The molecule has 0 radical (unpaired) electrons. The van der Waals surface area contributed by atoms with Gasteiger partial charge in [0.25, 0.3) is 0 Å². The van der Waals surface area contributed by atoms with Crippen molar-refractivity contribution in [2.75, 3.05) is 0 Å². The molecule has 20 heavy (non-hydrogen) atoms. The molecule has 108 valence electrons. The van der Waals surface area contributed by atoms with E-state index in [2.05, 4.69) is 0 Å². The number of hydrogen-bond acceptors (Lipinski definition) is 3. The Morgan fingerprint density at radius 3 is 1.30 bits per heavy atom. The van der Waals surface area contributed by atoms with Gasteiger partial charge in [-0.25, -0.2) is 0 Å². The Kier molecular flexibility index (Phi) is 3.52. The van der Waals surface area contributed by atoms with E-state index in [9.17, 15) is 14.7 Å². The molecular formula is C16H21O3P. The van der Waals surface area contributed by atoms with Gasteiger partial charge in [-0.05, 0) is 0 Å². The third kappa shape index (κ3) is 2.50. The van der Waals surface area contributed by atoms with Crippen LogP contribution in [0.2, 0.25) is 0 Å². The average Bonchev–Trinajstić information content (AvgIpc) is 2.26. The van der Waals surface area contributed by atoms with Gasteiger partial charge in [-0.2, -0.15) is 0 Å². The summed E-state index contributed by atoms with van der Waals surface area (Å²) in [4.78, 5) is 32.1. The van der Waals surface area contributed by atoms with Crippen LogP contribution in [0.25, 0.3) is 0 Å². The summed E-state index contributed by atoms with van der Waals surface area (Å²) in [5.41, 5.74) is 3.38. The van der Waals surface area contributed by atoms with Crippen LogP contribution in [0.15, 0.2) is 36.4 Å². The first-order chi connectivity index (χ1) is 9.10. The monoisotopic (exact) mass is 292 g/mol. The summed E-state index contributed by atoms with van der Waals surface area (Å²) in [5, 5.41) is 0.405. The van der Waals surface area contributed by atoms with Crippen molar-refractivity contribution in [2.24, 2.45) is 0 Å². The molecule has 0 aliphatic heterocycles. The normalized spacial score (nSPS) is 13.8. The summed E-state index contributed by atoms with van der Waals surface area (Å²) in [6.07, 6.45) is 0. The first-order valence-corrected chi connectivity index (χ1v) is 8.62. The molecule has 0 aliphatic carbocycles. The van der Waals surface area contributed by atoms with E-state index in [0.29, 0.717) is 11.1 Å². The van der Waals surface area contributed by atoms with Crippen molar-refractivity contribution in [3.05, 3.63) is 58.7 Å². The molecule has 2 rings (SSSR count). The van der Waals surface area contributed by atoms with Gasteiger partial charge in [0.15, 0.2) is 0 Å². The topological polar surface area (TPSA) is 60.7 Å². The molecule has 0 atom stereocenters. The van der Waals surface area contributed by atoms with Crippen molar-refractivity contribution in [2.45, 2.75) is 27.7 Å². The molecule has 0 heterocycles. The Morgan fingerprint density at radius 2 is 1.00 bits per heavy atom. The van der Waals surface area contributed by atoms with Crippen LogP contribution in [0.1, 0.15) is 22.3 Å². The molecular weight excluding hydrogens is 271 g/mol. The summed E-state index contributed by atoms with van der Waals surface area (Å²) >= 11 is 0. The van der Waals surface area contributed by atoms with Crippen LogP contribution in [-0.2, 0) is 0 Å². The average molecular weight is 292 g/mol.